The van der Waals surface area contributed by atoms with E-state index in [1.165, 1.54) is 225 Å². The van der Waals surface area contributed by atoms with Crippen molar-refractivity contribution in [2.45, 2.75) is 309 Å². The van der Waals surface area contributed by atoms with E-state index < -0.39 is 18.1 Å². The van der Waals surface area contributed by atoms with Crippen LogP contribution < -0.4 is 5.11 Å². The molecule has 396 valence electrons. The summed E-state index contributed by atoms with van der Waals surface area (Å²) in [6.45, 7) is 4.73. The van der Waals surface area contributed by atoms with Crippen LogP contribution in [0.4, 0.5) is 0 Å². The Balaban J connectivity index is 4.13. The molecule has 0 rings (SSSR count). The van der Waals surface area contributed by atoms with Gasteiger partial charge in [-0.05, 0) is 38.5 Å². The molecule has 2 atom stereocenters. The van der Waals surface area contributed by atoms with Gasteiger partial charge >= 0.3 is 11.9 Å². The fraction of sp³-hybridized carbons (Fsp3) is 0.915. The summed E-state index contributed by atoms with van der Waals surface area (Å²) in [5, 5.41) is 11.7. The smallest absolute Gasteiger partial charge is 0.306 e. The van der Waals surface area contributed by atoms with E-state index >= 15 is 0 Å². The fourth-order valence-electron chi connectivity index (χ4n) is 9.13. The summed E-state index contributed by atoms with van der Waals surface area (Å²) in [5.74, 6) is -1.71. The minimum Gasteiger partial charge on any atom is -0.544 e. The van der Waals surface area contributed by atoms with Gasteiger partial charge in [-0.2, -0.15) is 0 Å². The molecule has 0 aromatic heterocycles. The molecule has 0 fully saturated rings. The average molecular weight is 949 g/mol. The number of quaternary nitrogens is 1. The third-order valence-electron chi connectivity index (χ3n) is 13.7. The molecule has 0 aliphatic carbocycles. The third-order valence-corrected chi connectivity index (χ3v) is 13.7. The number of hydrogen-bond acceptors (Lipinski definition) is 7. The lowest BCUT2D eigenvalue weighted by atomic mass is 10.0. The van der Waals surface area contributed by atoms with Crippen LogP contribution in [0.3, 0.4) is 0 Å². The molecule has 0 aliphatic heterocycles. The highest BCUT2D eigenvalue weighted by molar-refractivity contribution is 5.70. The molecule has 67 heavy (non-hydrogen) atoms. The summed E-state index contributed by atoms with van der Waals surface area (Å²) in [5.41, 5.74) is 0. The Bertz CT molecular complexity index is 1100. The van der Waals surface area contributed by atoms with Crippen molar-refractivity contribution in [2.75, 3.05) is 41.0 Å². The van der Waals surface area contributed by atoms with Gasteiger partial charge < -0.3 is 28.6 Å². The van der Waals surface area contributed by atoms with Crippen LogP contribution in [0.1, 0.15) is 296 Å². The summed E-state index contributed by atoms with van der Waals surface area (Å²) in [4.78, 5) is 37.2. The van der Waals surface area contributed by atoms with Gasteiger partial charge in [0.2, 0.25) is 0 Å². The zero-order valence-corrected chi connectivity index (χ0v) is 45.3. The first-order valence-electron chi connectivity index (χ1n) is 29.2. The van der Waals surface area contributed by atoms with E-state index in [1.807, 2.05) is 21.1 Å². The second-order valence-electron chi connectivity index (χ2n) is 21.2. The van der Waals surface area contributed by atoms with Gasteiger partial charge in [-0.1, -0.05) is 251 Å². The predicted octanol–water partition coefficient (Wildman–Crippen LogP) is 16.0. The number of rotatable bonds is 54. The summed E-state index contributed by atoms with van der Waals surface area (Å²) >= 11 is 0. The average Bonchev–Trinajstić information content (AvgIpc) is 3.29. The minimum atomic E-state index is -1.12. The summed E-state index contributed by atoms with van der Waals surface area (Å²) in [6.07, 6.45) is 58.3. The number of ether oxygens (including phenoxy) is 3. The number of carboxylic acid groups (broad SMARTS) is 1. The third kappa shape index (κ3) is 48.9. The Morgan fingerprint density at radius 1 is 0.433 bits per heavy atom. The standard InChI is InChI=1S/C59H113NO7/c1-6-8-10-12-14-16-18-20-22-24-26-28-29-30-32-34-36-38-40-42-44-46-48-50-58(62)67-55(53-65-52-51-56(59(63)64)60(3,4)5)54-66-57(61)49-47-45-43-41-39-37-35-33-31-27-25-23-21-19-17-15-13-11-9-7-2/h30,32,55-56H,6-29,31,33-54H2,1-5H3/b32-30+. The van der Waals surface area contributed by atoms with Gasteiger partial charge in [-0.15, -0.1) is 0 Å². The summed E-state index contributed by atoms with van der Waals surface area (Å²) in [7, 11) is 5.43. The van der Waals surface area contributed by atoms with Crippen molar-refractivity contribution in [3.8, 4) is 0 Å². The lowest BCUT2D eigenvalue weighted by Gasteiger charge is -2.34. The van der Waals surface area contributed by atoms with E-state index in [4.69, 9.17) is 14.2 Å². The molecule has 8 heteroatoms. The second-order valence-corrected chi connectivity index (χ2v) is 21.2. The van der Waals surface area contributed by atoms with E-state index in [2.05, 4.69) is 26.0 Å². The van der Waals surface area contributed by atoms with E-state index in [1.54, 1.807) is 0 Å². The second kappa shape index (κ2) is 50.5. The Morgan fingerprint density at radius 2 is 0.746 bits per heavy atom. The molecule has 8 nitrogen and oxygen atoms in total. The Kier molecular flexibility index (Phi) is 49.0. The van der Waals surface area contributed by atoms with Crippen molar-refractivity contribution >= 4 is 17.9 Å². The van der Waals surface area contributed by atoms with Gasteiger partial charge in [-0.25, -0.2) is 0 Å². The highest BCUT2D eigenvalue weighted by Gasteiger charge is 2.25. The molecule has 0 aromatic carbocycles. The van der Waals surface area contributed by atoms with Crippen LogP contribution in [-0.4, -0.2) is 75.5 Å². The molecule has 0 N–H and O–H groups in total. The lowest BCUT2D eigenvalue weighted by Crippen LogP contribution is -2.55. The molecule has 2 unspecified atom stereocenters. The van der Waals surface area contributed by atoms with Gasteiger partial charge in [0.1, 0.15) is 12.6 Å². The van der Waals surface area contributed by atoms with Crippen molar-refractivity contribution in [3.63, 3.8) is 0 Å². The van der Waals surface area contributed by atoms with Crippen LogP contribution in [0.2, 0.25) is 0 Å². The molecule has 0 aromatic rings. The lowest BCUT2D eigenvalue weighted by molar-refractivity contribution is -0.889. The van der Waals surface area contributed by atoms with Gasteiger partial charge in [0.15, 0.2) is 6.10 Å². The summed E-state index contributed by atoms with van der Waals surface area (Å²) < 4.78 is 17.3. The quantitative estimate of drug-likeness (QED) is 0.0259. The maximum Gasteiger partial charge on any atom is 0.306 e. The van der Waals surface area contributed by atoms with Crippen LogP contribution >= 0.6 is 0 Å². The zero-order chi connectivity index (χ0) is 49.2. The first-order valence-corrected chi connectivity index (χ1v) is 29.2. The number of aliphatic carboxylic acids is 1. The van der Waals surface area contributed by atoms with Gasteiger partial charge in [0.25, 0.3) is 0 Å². The normalized spacial score (nSPS) is 12.8. The van der Waals surface area contributed by atoms with Gasteiger partial charge in [0, 0.05) is 19.3 Å². The molecule has 0 spiro atoms. The van der Waals surface area contributed by atoms with Crippen LogP contribution in [-0.2, 0) is 28.6 Å². The number of esters is 2. The van der Waals surface area contributed by atoms with Crippen molar-refractivity contribution in [3.05, 3.63) is 12.2 Å². The van der Waals surface area contributed by atoms with Crippen molar-refractivity contribution < 1.29 is 38.2 Å². The van der Waals surface area contributed by atoms with Crippen LogP contribution in [0.5, 0.6) is 0 Å². The zero-order valence-electron chi connectivity index (χ0n) is 45.3. The number of nitrogens with zero attached hydrogens (tertiary/aromatic N) is 1. The maximum atomic E-state index is 12.8. The van der Waals surface area contributed by atoms with E-state index in [9.17, 15) is 19.5 Å². The first-order chi connectivity index (χ1) is 32.6. The molecule has 0 saturated carbocycles. The molecule has 0 saturated heterocycles. The molecule has 0 amide bonds. The highest BCUT2D eigenvalue weighted by Crippen LogP contribution is 2.17. The molecule has 0 radical (unpaired) electrons. The number of unbranched alkanes of at least 4 members (excludes halogenated alkanes) is 38. The van der Waals surface area contributed by atoms with E-state index in [-0.39, 0.29) is 42.7 Å². The van der Waals surface area contributed by atoms with Gasteiger partial charge in [-0.3, -0.25) is 9.59 Å². The number of hydrogen-bond donors (Lipinski definition) is 0. The SMILES string of the molecule is CCCCCCCCCCCCCC/C=C/CCCCCCCCCC(=O)OC(COCCC(C(=O)[O-])[N+](C)(C)C)COC(=O)CCCCCCCCCCCCCCCCCCCCCC. The number of carboxylic acids is 1. The first kappa shape index (κ1) is 65.1. The molecule has 0 aliphatic rings. The predicted molar refractivity (Wildman–Crippen MR) is 282 cm³/mol. The molecular weight excluding hydrogens is 835 g/mol. The minimum absolute atomic E-state index is 0.0455. The van der Waals surface area contributed by atoms with Crippen LogP contribution in [0.15, 0.2) is 12.2 Å². The van der Waals surface area contributed by atoms with E-state index in [0.717, 1.165) is 38.5 Å². The number of carbonyl (C=O) groups is 3. The molecular formula is C59H113NO7. The fourth-order valence-corrected chi connectivity index (χ4v) is 9.13. The van der Waals surface area contributed by atoms with Crippen LogP contribution in [0.25, 0.3) is 0 Å². The Morgan fingerprint density at radius 3 is 1.07 bits per heavy atom. The maximum absolute atomic E-state index is 12.8. The number of likely N-dealkylation sites (N-methyl/N-ethyl adjacent to an activating group) is 1. The topological polar surface area (TPSA) is 102 Å². The van der Waals surface area contributed by atoms with Gasteiger partial charge in [0.05, 0.1) is 40.3 Å². The van der Waals surface area contributed by atoms with Crippen molar-refractivity contribution in [1.82, 2.24) is 0 Å². The summed E-state index contributed by atoms with van der Waals surface area (Å²) in [6, 6.07) is -0.724. The van der Waals surface area contributed by atoms with Crippen molar-refractivity contribution in [2.24, 2.45) is 0 Å². The number of allylic oxidation sites excluding steroid dienone is 2. The van der Waals surface area contributed by atoms with Crippen LogP contribution in [0, 0.1) is 0 Å². The molecule has 0 heterocycles. The Hall–Kier alpha value is -1.93. The van der Waals surface area contributed by atoms with E-state index in [0.29, 0.717) is 12.8 Å². The van der Waals surface area contributed by atoms with Crippen molar-refractivity contribution in [1.29, 1.82) is 0 Å². The largest absolute Gasteiger partial charge is 0.544 e. The highest BCUT2D eigenvalue weighted by atomic mass is 16.6. The monoisotopic (exact) mass is 948 g/mol. The molecule has 0 bridgehead atoms. The number of carbonyl (C=O) groups excluding carboxylic acids is 3. The Labute approximate surface area is 416 Å².